The van der Waals surface area contributed by atoms with Gasteiger partial charge in [-0.1, -0.05) is 17.7 Å². The van der Waals surface area contributed by atoms with Crippen molar-refractivity contribution in [1.29, 1.82) is 0 Å². The third kappa shape index (κ3) is 3.71. The number of alkyl halides is 1. The number of piperidine rings is 1. The van der Waals surface area contributed by atoms with E-state index in [1.165, 1.54) is 6.07 Å². The molecule has 0 spiro atoms. The van der Waals surface area contributed by atoms with E-state index >= 15 is 0 Å². The van der Waals surface area contributed by atoms with Crippen molar-refractivity contribution in [3.63, 3.8) is 0 Å². The number of benzene rings is 1. The Bertz CT molecular complexity index is 605. The number of likely N-dealkylation sites (N-methyl/N-ethyl adjacent to an activating group) is 1. The van der Waals surface area contributed by atoms with Crippen molar-refractivity contribution in [2.45, 2.75) is 29.7 Å². The molecule has 2 rings (SSSR count). The first-order valence-corrected chi connectivity index (χ1v) is 9.22. The van der Waals surface area contributed by atoms with Crippen LogP contribution in [0.25, 0.3) is 0 Å². The van der Waals surface area contributed by atoms with Gasteiger partial charge in [0.25, 0.3) is 0 Å². The first-order valence-electron chi connectivity index (χ1n) is 6.87. The molecule has 1 unspecified atom stereocenters. The summed E-state index contributed by atoms with van der Waals surface area (Å²) in [4.78, 5) is 2.31. The Morgan fingerprint density at radius 3 is 2.67 bits per heavy atom. The highest BCUT2D eigenvalue weighted by atomic mass is 35.5. The van der Waals surface area contributed by atoms with Gasteiger partial charge in [-0.25, -0.2) is 8.42 Å². The molecule has 7 heteroatoms. The zero-order valence-electron chi connectivity index (χ0n) is 12.2. The van der Waals surface area contributed by atoms with Crippen LogP contribution in [0, 0.1) is 0 Å². The van der Waals surface area contributed by atoms with Gasteiger partial charge >= 0.3 is 0 Å². The summed E-state index contributed by atoms with van der Waals surface area (Å²) in [5, 5.41) is 0.396. The number of hydrogen-bond acceptors (Lipinski definition) is 3. The Hall–Kier alpha value is -0.330. The summed E-state index contributed by atoms with van der Waals surface area (Å²) in [6.45, 7) is 1.08. The van der Waals surface area contributed by atoms with Gasteiger partial charge in [-0.2, -0.15) is 4.31 Å². The van der Waals surface area contributed by atoms with Gasteiger partial charge in [-0.3, -0.25) is 0 Å². The second kappa shape index (κ2) is 6.84. The Balaban J connectivity index is 2.27. The average Bonchev–Trinajstić information content (AvgIpc) is 2.47. The number of halogens is 2. The van der Waals surface area contributed by atoms with Crippen LogP contribution in [0.1, 0.15) is 18.4 Å². The summed E-state index contributed by atoms with van der Waals surface area (Å²) in [5.41, 5.74) is 0.738. The van der Waals surface area contributed by atoms with Gasteiger partial charge in [0.2, 0.25) is 10.0 Å². The number of sulfonamides is 1. The lowest BCUT2D eigenvalue weighted by Gasteiger charge is -2.35. The Morgan fingerprint density at radius 1 is 1.38 bits per heavy atom. The van der Waals surface area contributed by atoms with Gasteiger partial charge in [0, 0.05) is 30.0 Å². The lowest BCUT2D eigenvalue weighted by atomic mass is 10.1. The highest BCUT2D eigenvalue weighted by Crippen LogP contribution is 2.26. The zero-order chi connectivity index (χ0) is 15.6. The SMILES string of the molecule is CN(C)C1CCCN(S(=O)(=O)c2ccc(CCl)c(Cl)c2)C1. The maximum absolute atomic E-state index is 12.7. The molecule has 0 aliphatic carbocycles. The molecule has 1 aromatic rings. The quantitative estimate of drug-likeness (QED) is 0.784. The molecule has 1 saturated heterocycles. The summed E-state index contributed by atoms with van der Waals surface area (Å²) < 4.78 is 27.0. The van der Waals surface area contributed by atoms with Crippen LogP contribution in [0.2, 0.25) is 5.02 Å². The summed E-state index contributed by atoms with van der Waals surface area (Å²) in [5.74, 6) is 0.269. The second-order valence-electron chi connectivity index (χ2n) is 5.51. The molecule has 1 fully saturated rings. The molecule has 1 aliphatic rings. The molecule has 0 amide bonds. The normalized spacial score (nSPS) is 20.9. The first-order chi connectivity index (χ1) is 9.86. The summed E-state index contributed by atoms with van der Waals surface area (Å²) in [6, 6.07) is 5.01. The van der Waals surface area contributed by atoms with Crippen LogP contribution < -0.4 is 0 Å². The molecular formula is C14H20Cl2N2O2S. The number of nitrogens with zero attached hydrogens (tertiary/aromatic N) is 2. The van der Waals surface area contributed by atoms with Crippen molar-refractivity contribution in [2.75, 3.05) is 27.2 Å². The lowest BCUT2D eigenvalue weighted by Crippen LogP contribution is -2.47. The molecular weight excluding hydrogens is 331 g/mol. The van der Waals surface area contributed by atoms with Crippen LogP contribution in [0.5, 0.6) is 0 Å². The van der Waals surface area contributed by atoms with Crippen molar-refractivity contribution < 1.29 is 8.42 Å². The van der Waals surface area contributed by atoms with Crippen LogP contribution in [-0.4, -0.2) is 50.8 Å². The number of rotatable bonds is 4. The average molecular weight is 351 g/mol. The zero-order valence-corrected chi connectivity index (χ0v) is 14.5. The minimum atomic E-state index is -3.50. The van der Waals surface area contributed by atoms with E-state index in [9.17, 15) is 8.42 Å². The van der Waals surface area contributed by atoms with E-state index in [0.29, 0.717) is 18.1 Å². The van der Waals surface area contributed by atoms with Crippen LogP contribution in [0.15, 0.2) is 23.1 Å². The second-order valence-corrected chi connectivity index (χ2v) is 8.12. The highest BCUT2D eigenvalue weighted by molar-refractivity contribution is 7.89. The molecule has 1 atom stereocenters. The largest absolute Gasteiger partial charge is 0.305 e. The van der Waals surface area contributed by atoms with E-state index in [1.807, 2.05) is 14.1 Å². The van der Waals surface area contributed by atoms with E-state index in [2.05, 4.69) is 4.90 Å². The molecule has 0 aromatic heterocycles. The fourth-order valence-electron chi connectivity index (χ4n) is 2.51. The van der Waals surface area contributed by atoms with Crippen molar-refractivity contribution in [1.82, 2.24) is 9.21 Å². The Labute approximate surface area is 136 Å². The fraction of sp³-hybridized carbons (Fsp3) is 0.571. The number of hydrogen-bond donors (Lipinski definition) is 0. The van der Waals surface area contributed by atoms with Crippen LogP contribution in [0.3, 0.4) is 0 Å². The Kier molecular flexibility index (Phi) is 5.54. The third-order valence-electron chi connectivity index (χ3n) is 3.90. The fourth-order valence-corrected chi connectivity index (χ4v) is 4.66. The van der Waals surface area contributed by atoms with Crippen LogP contribution >= 0.6 is 23.2 Å². The van der Waals surface area contributed by atoms with E-state index in [0.717, 1.165) is 18.4 Å². The van der Waals surface area contributed by atoms with Gasteiger partial charge in [-0.15, -0.1) is 11.6 Å². The summed E-state index contributed by atoms with van der Waals surface area (Å²) >= 11 is 11.8. The first kappa shape index (κ1) is 17.0. The molecule has 4 nitrogen and oxygen atoms in total. The molecule has 0 radical (unpaired) electrons. The monoisotopic (exact) mass is 350 g/mol. The molecule has 1 aromatic carbocycles. The van der Waals surface area contributed by atoms with Crippen molar-refractivity contribution >= 4 is 33.2 Å². The molecule has 1 aliphatic heterocycles. The van der Waals surface area contributed by atoms with Crippen molar-refractivity contribution in [3.8, 4) is 0 Å². The molecule has 0 bridgehead atoms. The van der Waals surface area contributed by atoms with Gasteiger partial charge in [0.1, 0.15) is 0 Å². The molecule has 0 N–H and O–H groups in total. The minimum absolute atomic E-state index is 0.237. The summed E-state index contributed by atoms with van der Waals surface area (Å²) in [6.07, 6.45) is 1.89. The topological polar surface area (TPSA) is 40.6 Å². The maximum Gasteiger partial charge on any atom is 0.243 e. The van der Waals surface area contributed by atoms with E-state index in [4.69, 9.17) is 23.2 Å². The van der Waals surface area contributed by atoms with Crippen LogP contribution in [-0.2, 0) is 15.9 Å². The molecule has 1 heterocycles. The predicted molar refractivity (Wildman–Crippen MR) is 86.5 cm³/mol. The van der Waals surface area contributed by atoms with Crippen molar-refractivity contribution in [3.05, 3.63) is 28.8 Å². The molecule has 118 valence electrons. The maximum atomic E-state index is 12.7. The highest BCUT2D eigenvalue weighted by Gasteiger charge is 2.31. The smallest absolute Gasteiger partial charge is 0.243 e. The minimum Gasteiger partial charge on any atom is -0.305 e. The summed E-state index contributed by atoms with van der Waals surface area (Å²) in [7, 11) is 0.461. The molecule has 0 saturated carbocycles. The standard InChI is InChI=1S/C14H20Cl2N2O2S/c1-17(2)12-4-3-7-18(10-12)21(19,20)13-6-5-11(9-15)14(16)8-13/h5-6,8,12H,3-4,7,9-10H2,1-2H3. The van der Waals surface area contributed by atoms with Gasteiger partial charge < -0.3 is 4.90 Å². The van der Waals surface area contributed by atoms with Crippen LogP contribution in [0.4, 0.5) is 0 Å². The lowest BCUT2D eigenvalue weighted by molar-refractivity contribution is 0.190. The van der Waals surface area contributed by atoms with Gasteiger partial charge in [0.15, 0.2) is 0 Å². The van der Waals surface area contributed by atoms with Gasteiger partial charge in [0.05, 0.1) is 4.90 Å². The van der Waals surface area contributed by atoms with Crippen molar-refractivity contribution in [2.24, 2.45) is 0 Å². The van der Waals surface area contributed by atoms with Gasteiger partial charge in [-0.05, 0) is 44.6 Å². The van der Waals surface area contributed by atoms with E-state index in [1.54, 1.807) is 16.4 Å². The Morgan fingerprint density at radius 2 is 2.10 bits per heavy atom. The molecule has 21 heavy (non-hydrogen) atoms. The predicted octanol–water partition coefficient (Wildman–Crippen LogP) is 2.79. The third-order valence-corrected chi connectivity index (χ3v) is 6.40. The van der Waals surface area contributed by atoms with E-state index in [-0.39, 0.29) is 16.8 Å². The van der Waals surface area contributed by atoms with E-state index < -0.39 is 10.0 Å².